The van der Waals surface area contributed by atoms with Crippen LogP contribution in [0.5, 0.6) is 5.75 Å². The molecule has 1 saturated carbocycles. The molecule has 0 unspecified atom stereocenters. The van der Waals surface area contributed by atoms with Crippen LogP contribution in [-0.2, 0) is 11.3 Å². The summed E-state index contributed by atoms with van der Waals surface area (Å²) < 4.78 is 5.61. The second kappa shape index (κ2) is 5.21. The summed E-state index contributed by atoms with van der Waals surface area (Å²) >= 11 is 0. The Kier molecular flexibility index (Phi) is 3.67. The molecule has 0 saturated heterocycles. The molecule has 0 bridgehead atoms. The largest absolute Gasteiger partial charge is 0.491 e. The molecule has 17 heavy (non-hydrogen) atoms. The second-order valence-corrected chi connectivity index (χ2v) is 4.81. The fraction of sp³-hybridized carbons (Fsp3) is 0.500. The van der Waals surface area contributed by atoms with Crippen molar-refractivity contribution in [3.63, 3.8) is 0 Å². The quantitative estimate of drug-likeness (QED) is 0.848. The standard InChI is InChI=1S/C14H19NO2/c1-10(2)17-13-5-3-4-11(8-13)9-15-14(16)12-6-7-12/h3-5,8,10,12H,6-7,9H2,1-2H3,(H,15,16). The van der Waals surface area contributed by atoms with E-state index in [-0.39, 0.29) is 17.9 Å². The summed E-state index contributed by atoms with van der Waals surface area (Å²) in [5.41, 5.74) is 1.08. The minimum absolute atomic E-state index is 0.173. The number of rotatable bonds is 5. The van der Waals surface area contributed by atoms with Crippen molar-refractivity contribution in [2.75, 3.05) is 0 Å². The Bertz CT molecular complexity index is 397. The first-order chi connectivity index (χ1) is 8.15. The summed E-state index contributed by atoms with van der Waals surface area (Å²) in [7, 11) is 0. The molecular weight excluding hydrogens is 214 g/mol. The molecule has 1 N–H and O–H groups in total. The molecule has 0 heterocycles. The zero-order chi connectivity index (χ0) is 12.3. The highest BCUT2D eigenvalue weighted by Crippen LogP contribution is 2.28. The van der Waals surface area contributed by atoms with E-state index in [2.05, 4.69) is 5.32 Å². The van der Waals surface area contributed by atoms with E-state index < -0.39 is 0 Å². The number of carbonyl (C=O) groups is 1. The van der Waals surface area contributed by atoms with Crippen LogP contribution < -0.4 is 10.1 Å². The number of amides is 1. The van der Waals surface area contributed by atoms with Crippen LogP contribution in [0, 0.1) is 5.92 Å². The van der Waals surface area contributed by atoms with E-state index in [4.69, 9.17) is 4.74 Å². The maximum atomic E-state index is 11.5. The summed E-state index contributed by atoms with van der Waals surface area (Å²) in [6.07, 6.45) is 2.26. The van der Waals surface area contributed by atoms with E-state index in [1.165, 1.54) is 0 Å². The van der Waals surface area contributed by atoms with Crippen molar-refractivity contribution in [2.24, 2.45) is 5.92 Å². The minimum atomic E-state index is 0.173. The zero-order valence-electron chi connectivity index (χ0n) is 10.4. The monoisotopic (exact) mass is 233 g/mol. The third-order valence-corrected chi connectivity index (χ3v) is 2.69. The van der Waals surface area contributed by atoms with Crippen molar-refractivity contribution >= 4 is 5.91 Å². The maximum absolute atomic E-state index is 11.5. The van der Waals surface area contributed by atoms with Gasteiger partial charge >= 0.3 is 0 Å². The predicted octanol–water partition coefficient (Wildman–Crippen LogP) is 2.50. The van der Waals surface area contributed by atoms with Crippen LogP contribution >= 0.6 is 0 Å². The molecule has 1 aromatic rings. The van der Waals surface area contributed by atoms with Gasteiger partial charge < -0.3 is 10.1 Å². The molecule has 1 aliphatic rings. The topological polar surface area (TPSA) is 38.3 Å². The molecule has 0 aliphatic heterocycles. The van der Waals surface area contributed by atoms with Gasteiger partial charge in [-0.05, 0) is 44.4 Å². The van der Waals surface area contributed by atoms with Gasteiger partial charge in [0.25, 0.3) is 0 Å². The third kappa shape index (κ3) is 3.77. The summed E-state index contributed by atoms with van der Waals surface area (Å²) in [5, 5.41) is 2.95. The fourth-order valence-electron chi connectivity index (χ4n) is 1.68. The first-order valence-electron chi connectivity index (χ1n) is 6.18. The lowest BCUT2D eigenvalue weighted by atomic mass is 10.2. The second-order valence-electron chi connectivity index (χ2n) is 4.81. The molecule has 1 amide bonds. The molecule has 1 fully saturated rings. The number of nitrogens with one attached hydrogen (secondary N) is 1. The fourth-order valence-corrected chi connectivity index (χ4v) is 1.68. The van der Waals surface area contributed by atoms with Gasteiger partial charge in [0.05, 0.1) is 6.10 Å². The van der Waals surface area contributed by atoms with Crippen molar-refractivity contribution in [3.8, 4) is 5.75 Å². The van der Waals surface area contributed by atoms with Crippen LogP contribution in [0.4, 0.5) is 0 Å². The van der Waals surface area contributed by atoms with Gasteiger partial charge in [0, 0.05) is 12.5 Å². The molecule has 0 spiro atoms. The summed E-state index contributed by atoms with van der Waals surface area (Å²) in [6.45, 7) is 4.59. The van der Waals surface area contributed by atoms with E-state index in [1.54, 1.807) is 0 Å². The Morgan fingerprint density at radius 2 is 2.24 bits per heavy atom. The van der Waals surface area contributed by atoms with Crippen molar-refractivity contribution in [1.29, 1.82) is 0 Å². The highest BCUT2D eigenvalue weighted by molar-refractivity contribution is 5.80. The highest BCUT2D eigenvalue weighted by Gasteiger charge is 2.29. The predicted molar refractivity (Wildman–Crippen MR) is 66.8 cm³/mol. The van der Waals surface area contributed by atoms with Crippen molar-refractivity contribution in [1.82, 2.24) is 5.32 Å². The Morgan fingerprint density at radius 1 is 1.47 bits per heavy atom. The SMILES string of the molecule is CC(C)Oc1cccc(CNC(=O)C2CC2)c1. The van der Waals surface area contributed by atoms with Gasteiger partial charge in [0.2, 0.25) is 5.91 Å². The lowest BCUT2D eigenvalue weighted by Gasteiger charge is -2.11. The van der Waals surface area contributed by atoms with E-state index >= 15 is 0 Å². The van der Waals surface area contributed by atoms with Gasteiger partial charge in [0.15, 0.2) is 0 Å². The van der Waals surface area contributed by atoms with Crippen LogP contribution in [0.25, 0.3) is 0 Å². The molecule has 0 radical (unpaired) electrons. The van der Waals surface area contributed by atoms with Gasteiger partial charge in [-0.1, -0.05) is 12.1 Å². The Morgan fingerprint density at radius 3 is 2.88 bits per heavy atom. The van der Waals surface area contributed by atoms with Crippen molar-refractivity contribution in [2.45, 2.75) is 39.3 Å². The molecule has 3 nitrogen and oxygen atoms in total. The van der Waals surface area contributed by atoms with E-state index in [0.717, 1.165) is 24.2 Å². The molecule has 1 aliphatic carbocycles. The number of hydrogen-bond donors (Lipinski definition) is 1. The molecule has 2 rings (SSSR count). The van der Waals surface area contributed by atoms with Gasteiger partial charge in [-0.15, -0.1) is 0 Å². The van der Waals surface area contributed by atoms with Gasteiger partial charge in [0.1, 0.15) is 5.75 Å². The Balaban J connectivity index is 1.88. The number of ether oxygens (including phenoxy) is 1. The summed E-state index contributed by atoms with van der Waals surface area (Å²) in [6, 6.07) is 7.87. The number of hydrogen-bond acceptors (Lipinski definition) is 2. The molecule has 0 aromatic heterocycles. The average molecular weight is 233 g/mol. The summed E-state index contributed by atoms with van der Waals surface area (Å²) in [5.74, 6) is 1.31. The van der Waals surface area contributed by atoms with Crippen LogP contribution in [0.15, 0.2) is 24.3 Å². The van der Waals surface area contributed by atoms with E-state index in [0.29, 0.717) is 6.54 Å². The minimum Gasteiger partial charge on any atom is -0.491 e. The molecular formula is C14H19NO2. The lowest BCUT2D eigenvalue weighted by molar-refractivity contribution is -0.122. The zero-order valence-corrected chi connectivity index (χ0v) is 10.4. The van der Waals surface area contributed by atoms with Crippen LogP contribution in [0.2, 0.25) is 0 Å². The van der Waals surface area contributed by atoms with Crippen molar-refractivity contribution < 1.29 is 9.53 Å². The Hall–Kier alpha value is -1.51. The average Bonchev–Trinajstić information content (AvgIpc) is 3.09. The third-order valence-electron chi connectivity index (χ3n) is 2.69. The number of benzene rings is 1. The molecule has 1 aromatic carbocycles. The van der Waals surface area contributed by atoms with Gasteiger partial charge in [-0.25, -0.2) is 0 Å². The molecule has 3 heteroatoms. The molecule has 0 atom stereocenters. The van der Waals surface area contributed by atoms with Crippen LogP contribution in [-0.4, -0.2) is 12.0 Å². The van der Waals surface area contributed by atoms with E-state index in [9.17, 15) is 4.79 Å². The highest BCUT2D eigenvalue weighted by atomic mass is 16.5. The summed E-state index contributed by atoms with van der Waals surface area (Å²) in [4.78, 5) is 11.5. The lowest BCUT2D eigenvalue weighted by Crippen LogP contribution is -2.24. The normalized spacial score (nSPS) is 14.8. The van der Waals surface area contributed by atoms with Crippen LogP contribution in [0.3, 0.4) is 0 Å². The first kappa shape index (κ1) is 12.0. The maximum Gasteiger partial charge on any atom is 0.223 e. The van der Waals surface area contributed by atoms with Gasteiger partial charge in [-0.3, -0.25) is 4.79 Å². The van der Waals surface area contributed by atoms with E-state index in [1.807, 2.05) is 38.1 Å². The van der Waals surface area contributed by atoms with Crippen LogP contribution in [0.1, 0.15) is 32.3 Å². The number of carbonyl (C=O) groups excluding carboxylic acids is 1. The molecule has 92 valence electrons. The first-order valence-corrected chi connectivity index (χ1v) is 6.18. The van der Waals surface area contributed by atoms with Gasteiger partial charge in [-0.2, -0.15) is 0 Å². The Labute approximate surface area is 102 Å². The smallest absolute Gasteiger partial charge is 0.223 e. The van der Waals surface area contributed by atoms with Crippen molar-refractivity contribution in [3.05, 3.63) is 29.8 Å².